The smallest absolute Gasteiger partial charge is 0.263 e. The van der Waals surface area contributed by atoms with Gasteiger partial charge in [0.05, 0.1) is 17.6 Å². The van der Waals surface area contributed by atoms with Crippen molar-refractivity contribution < 1.29 is 4.79 Å². The lowest BCUT2D eigenvalue weighted by Gasteiger charge is -2.16. The number of hydrogen-bond acceptors (Lipinski definition) is 3. The number of aromatic nitrogens is 1. The average molecular weight is 237 g/mol. The highest BCUT2D eigenvalue weighted by Crippen LogP contribution is 2.35. The van der Waals surface area contributed by atoms with E-state index in [1.54, 1.807) is 29.3 Å². The maximum absolute atomic E-state index is 12.3. The maximum atomic E-state index is 12.3. The van der Waals surface area contributed by atoms with Gasteiger partial charge in [0.25, 0.3) is 5.91 Å². The lowest BCUT2D eigenvalue weighted by Crippen LogP contribution is -2.22. The third-order valence-corrected chi connectivity index (χ3v) is 2.97. The molecule has 0 saturated heterocycles. The van der Waals surface area contributed by atoms with Crippen molar-refractivity contribution in [3.8, 4) is 0 Å². The first-order valence-corrected chi connectivity index (χ1v) is 5.53. The zero-order valence-corrected chi connectivity index (χ0v) is 9.63. The van der Waals surface area contributed by atoms with Crippen LogP contribution < -0.4 is 10.6 Å². The molecule has 2 aromatic rings. The second-order valence-corrected chi connectivity index (χ2v) is 4.07. The fourth-order valence-corrected chi connectivity index (χ4v) is 2.09. The summed E-state index contributed by atoms with van der Waals surface area (Å²) in [5, 5.41) is 0. The Morgan fingerprint density at radius 1 is 1.11 bits per heavy atom. The van der Waals surface area contributed by atoms with E-state index in [0.717, 1.165) is 5.56 Å². The van der Waals surface area contributed by atoms with Gasteiger partial charge in [-0.25, -0.2) is 4.98 Å². The molecule has 1 amide bonds. The molecule has 0 radical (unpaired) electrons. The topological polar surface area (TPSA) is 59.2 Å². The Morgan fingerprint density at radius 3 is 2.44 bits per heavy atom. The Bertz CT molecular complexity index is 611. The van der Waals surface area contributed by atoms with Gasteiger partial charge in [-0.3, -0.25) is 9.69 Å². The van der Waals surface area contributed by atoms with Gasteiger partial charge in [-0.15, -0.1) is 0 Å². The number of pyridine rings is 1. The fraction of sp³-hybridized carbons (Fsp3) is 0. The van der Waals surface area contributed by atoms with Crippen LogP contribution in [0.1, 0.15) is 15.9 Å². The molecule has 1 aliphatic heterocycles. The average Bonchev–Trinajstić information content (AvgIpc) is 2.64. The van der Waals surface area contributed by atoms with Crippen LogP contribution in [0.25, 0.3) is 5.70 Å². The number of nitrogens with zero attached hydrogens (tertiary/aromatic N) is 2. The predicted molar refractivity (Wildman–Crippen MR) is 70.9 cm³/mol. The molecule has 1 aromatic heterocycles. The van der Waals surface area contributed by atoms with Crippen molar-refractivity contribution in [3.05, 3.63) is 60.3 Å². The van der Waals surface area contributed by atoms with Gasteiger partial charge in [0.15, 0.2) is 0 Å². The van der Waals surface area contributed by atoms with Gasteiger partial charge >= 0.3 is 0 Å². The van der Waals surface area contributed by atoms with E-state index in [-0.39, 0.29) is 5.91 Å². The first kappa shape index (κ1) is 10.5. The zero-order valence-electron chi connectivity index (χ0n) is 9.63. The Labute approximate surface area is 104 Å². The number of carbonyl (C=O) groups is 1. The minimum atomic E-state index is -0.0813. The molecule has 3 rings (SSSR count). The quantitative estimate of drug-likeness (QED) is 0.827. The minimum absolute atomic E-state index is 0.0813. The van der Waals surface area contributed by atoms with Gasteiger partial charge in [-0.1, -0.05) is 24.8 Å². The number of fused-ring (bicyclic) bond motifs is 1. The third-order valence-electron chi connectivity index (χ3n) is 2.97. The van der Waals surface area contributed by atoms with E-state index in [9.17, 15) is 4.79 Å². The number of benzene rings is 1. The summed E-state index contributed by atoms with van der Waals surface area (Å²) >= 11 is 0. The number of anilines is 2. The third kappa shape index (κ3) is 1.39. The van der Waals surface area contributed by atoms with Gasteiger partial charge < -0.3 is 5.73 Å². The summed E-state index contributed by atoms with van der Waals surface area (Å²) in [6.45, 7) is 3.97. The number of amides is 1. The Balaban J connectivity index is 2.09. The molecule has 4 nitrogen and oxygen atoms in total. The molecule has 0 saturated carbocycles. The normalized spacial score (nSPS) is 13.9. The maximum Gasteiger partial charge on any atom is 0.263 e. The van der Waals surface area contributed by atoms with Crippen molar-refractivity contribution in [3.63, 3.8) is 0 Å². The van der Waals surface area contributed by atoms with Gasteiger partial charge in [0, 0.05) is 11.1 Å². The van der Waals surface area contributed by atoms with Crippen LogP contribution in [0, 0.1) is 0 Å². The van der Waals surface area contributed by atoms with Crippen LogP contribution in [-0.4, -0.2) is 10.9 Å². The predicted octanol–water partition coefficient (Wildman–Crippen LogP) is 2.29. The molecule has 1 aliphatic rings. The molecule has 1 aromatic carbocycles. The second-order valence-electron chi connectivity index (χ2n) is 4.07. The van der Waals surface area contributed by atoms with Crippen molar-refractivity contribution >= 4 is 23.1 Å². The van der Waals surface area contributed by atoms with Crippen LogP contribution in [0.15, 0.2) is 49.2 Å². The van der Waals surface area contributed by atoms with Crippen molar-refractivity contribution in [1.82, 2.24) is 4.98 Å². The molecule has 0 spiro atoms. The van der Waals surface area contributed by atoms with Crippen molar-refractivity contribution in [2.24, 2.45) is 0 Å². The van der Waals surface area contributed by atoms with E-state index in [0.29, 0.717) is 22.8 Å². The molecule has 4 heteroatoms. The number of rotatable bonds is 1. The lowest BCUT2D eigenvalue weighted by molar-refractivity contribution is 0.101. The van der Waals surface area contributed by atoms with Crippen LogP contribution >= 0.6 is 0 Å². The monoisotopic (exact) mass is 237 g/mol. The van der Waals surface area contributed by atoms with Crippen LogP contribution in [0.4, 0.5) is 11.5 Å². The number of nitrogens with two attached hydrogens (primary N) is 1. The Morgan fingerprint density at radius 2 is 1.83 bits per heavy atom. The van der Waals surface area contributed by atoms with E-state index in [2.05, 4.69) is 11.6 Å². The van der Waals surface area contributed by atoms with E-state index >= 15 is 0 Å². The summed E-state index contributed by atoms with van der Waals surface area (Å²) in [6, 6.07) is 10.8. The Hall–Kier alpha value is -2.62. The van der Waals surface area contributed by atoms with Crippen molar-refractivity contribution in [1.29, 1.82) is 0 Å². The molecule has 2 heterocycles. The van der Waals surface area contributed by atoms with Crippen molar-refractivity contribution in [2.45, 2.75) is 0 Å². The van der Waals surface area contributed by atoms with Crippen molar-refractivity contribution in [2.75, 3.05) is 10.6 Å². The molecule has 88 valence electrons. The molecule has 18 heavy (non-hydrogen) atoms. The van der Waals surface area contributed by atoms with Crippen LogP contribution in [-0.2, 0) is 0 Å². The number of hydrogen-bond donors (Lipinski definition) is 1. The summed E-state index contributed by atoms with van der Waals surface area (Å²) in [5.41, 5.74) is 8.41. The molecule has 0 unspecified atom stereocenters. The summed E-state index contributed by atoms with van der Waals surface area (Å²) in [5.74, 6) is 0.343. The summed E-state index contributed by atoms with van der Waals surface area (Å²) in [7, 11) is 0. The number of carbonyl (C=O) groups excluding carboxylic acids is 1. The summed E-state index contributed by atoms with van der Waals surface area (Å²) in [6.07, 6.45) is 1.57. The van der Waals surface area contributed by atoms with E-state index < -0.39 is 0 Å². The molecule has 0 aliphatic carbocycles. The van der Waals surface area contributed by atoms with Gasteiger partial charge in [-0.05, 0) is 18.2 Å². The van der Waals surface area contributed by atoms with Crippen LogP contribution in [0.3, 0.4) is 0 Å². The standard InChI is InChI=1S/C14H11N3O/c1-9-11-4-2-3-5-12(11)14(18)17(9)10-6-7-13(15)16-8-10/h2-8H,1H2,(H2,15,16). The molecule has 0 fully saturated rings. The van der Waals surface area contributed by atoms with E-state index in [1.165, 1.54) is 0 Å². The Kier molecular flexibility index (Phi) is 2.16. The molecule has 0 atom stereocenters. The van der Waals surface area contributed by atoms with E-state index in [1.807, 2.05) is 18.2 Å². The van der Waals surface area contributed by atoms with Gasteiger partial charge in [0.1, 0.15) is 5.82 Å². The molecule has 2 N–H and O–H groups in total. The minimum Gasteiger partial charge on any atom is -0.384 e. The fourth-order valence-electron chi connectivity index (χ4n) is 2.09. The van der Waals surface area contributed by atoms with Gasteiger partial charge in [0.2, 0.25) is 0 Å². The first-order chi connectivity index (χ1) is 8.68. The van der Waals surface area contributed by atoms with Crippen LogP contribution in [0.2, 0.25) is 0 Å². The largest absolute Gasteiger partial charge is 0.384 e. The van der Waals surface area contributed by atoms with E-state index in [4.69, 9.17) is 5.73 Å². The summed E-state index contributed by atoms with van der Waals surface area (Å²) < 4.78 is 0. The SMILES string of the molecule is C=C1c2ccccc2C(=O)N1c1ccc(N)nc1. The number of nitrogen functional groups attached to an aromatic ring is 1. The molecule has 0 bridgehead atoms. The highest BCUT2D eigenvalue weighted by atomic mass is 16.2. The summed E-state index contributed by atoms with van der Waals surface area (Å²) in [4.78, 5) is 17.8. The van der Waals surface area contributed by atoms with Gasteiger partial charge in [-0.2, -0.15) is 0 Å². The first-order valence-electron chi connectivity index (χ1n) is 5.53. The zero-order chi connectivity index (χ0) is 12.7. The molecular formula is C14H11N3O. The highest BCUT2D eigenvalue weighted by molar-refractivity contribution is 6.21. The highest BCUT2D eigenvalue weighted by Gasteiger charge is 2.31. The second kappa shape index (κ2) is 3.70. The lowest BCUT2D eigenvalue weighted by atomic mass is 10.1. The van der Waals surface area contributed by atoms with Crippen LogP contribution in [0.5, 0.6) is 0 Å². The molecular weight excluding hydrogens is 226 g/mol.